The van der Waals surface area contributed by atoms with Gasteiger partial charge in [0.05, 0.1) is 11.7 Å². The maximum absolute atomic E-state index is 5.80. The third kappa shape index (κ3) is 6.49. The fourth-order valence-electron chi connectivity index (χ4n) is 2.30. The van der Waals surface area contributed by atoms with Gasteiger partial charge >= 0.3 is 0 Å². The molecule has 0 spiro atoms. The van der Waals surface area contributed by atoms with Gasteiger partial charge in [-0.15, -0.1) is 0 Å². The van der Waals surface area contributed by atoms with E-state index in [0.717, 1.165) is 25.1 Å². The summed E-state index contributed by atoms with van der Waals surface area (Å²) < 4.78 is 11.3. The summed E-state index contributed by atoms with van der Waals surface area (Å²) >= 11 is 0. The van der Waals surface area contributed by atoms with Gasteiger partial charge in [-0.1, -0.05) is 19.1 Å². The Hall–Kier alpha value is -1.06. The van der Waals surface area contributed by atoms with Gasteiger partial charge in [-0.3, -0.25) is 0 Å². The first-order chi connectivity index (χ1) is 9.88. The Bertz CT molecular complexity index is 415. The Kier molecular flexibility index (Phi) is 7.20. The van der Waals surface area contributed by atoms with Gasteiger partial charge in [0.1, 0.15) is 5.75 Å². The second-order valence-corrected chi connectivity index (χ2v) is 6.35. The standard InChI is InChI=1S/C18H31NO2/c1-7-19-17(11-12-18(4,5)20-6)15-9-8-10-16(13-15)21-14(2)3/h8-10,13-14,17,19H,7,11-12H2,1-6H3. The third-order valence-electron chi connectivity index (χ3n) is 3.67. The lowest BCUT2D eigenvalue weighted by Crippen LogP contribution is -2.27. The quantitative estimate of drug-likeness (QED) is 0.735. The lowest BCUT2D eigenvalue weighted by molar-refractivity contribution is 0.0117. The Morgan fingerprint density at radius 3 is 2.52 bits per heavy atom. The van der Waals surface area contributed by atoms with Crippen LogP contribution in [-0.2, 0) is 4.74 Å². The molecule has 0 saturated heterocycles. The molecular weight excluding hydrogens is 262 g/mol. The molecule has 1 N–H and O–H groups in total. The molecule has 0 amide bonds. The van der Waals surface area contributed by atoms with Crippen molar-refractivity contribution in [3.63, 3.8) is 0 Å². The first-order valence-corrected chi connectivity index (χ1v) is 7.93. The molecule has 0 aromatic heterocycles. The van der Waals surface area contributed by atoms with Crippen molar-refractivity contribution in [1.82, 2.24) is 5.32 Å². The summed E-state index contributed by atoms with van der Waals surface area (Å²) in [4.78, 5) is 0. The summed E-state index contributed by atoms with van der Waals surface area (Å²) in [7, 11) is 1.78. The average Bonchev–Trinajstić information content (AvgIpc) is 2.43. The minimum Gasteiger partial charge on any atom is -0.491 e. The summed E-state index contributed by atoms with van der Waals surface area (Å²) in [5.41, 5.74) is 1.20. The van der Waals surface area contributed by atoms with Crippen LogP contribution in [0.1, 0.15) is 59.1 Å². The van der Waals surface area contributed by atoms with Crippen molar-refractivity contribution in [3.05, 3.63) is 29.8 Å². The number of ether oxygens (including phenoxy) is 2. The van der Waals surface area contributed by atoms with E-state index in [1.165, 1.54) is 5.56 Å². The number of methoxy groups -OCH3 is 1. The fraction of sp³-hybridized carbons (Fsp3) is 0.667. The molecule has 0 bridgehead atoms. The minimum absolute atomic E-state index is 0.0836. The maximum Gasteiger partial charge on any atom is 0.120 e. The predicted molar refractivity (Wildman–Crippen MR) is 88.9 cm³/mol. The van der Waals surface area contributed by atoms with E-state index in [-0.39, 0.29) is 11.7 Å². The molecule has 0 heterocycles. The molecular formula is C18H31NO2. The second kappa shape index (κ2) is 8.40. The normalized spacial score (nSPS) is 13.5. The number of hydrogen-bond donors (Lipinski definition) is 1. The van der Waals surface area contributed by atoms with Crippen molar-refractivity contribution >= 4 is 0 Å². The molecule has 0 saturated carbocycles. The lowest BCUT2D eigenvalue weighted by Gasteiger charge is -2.27. The van der Waals surface area contributed by atoms with E-state index in [1.54, 1.807) is 7.11 Å². The number of hydrogen-bond acceptors (Lipinski definition) is 3. The molecule has 1 rings (SSSR count). The molecule has 0 aliphatic rings. The van der Waals surface area contributed by atoms with E-state index in [2.05, 4.69) is 58.1 Å². The summed E-state index contributed by atoms with van der Waals surface area (Å²) in [6, 6.07) is 8.73. The van der Waals surface area contributed by atoms with Crippen LogP contribution in [0.4, 0.5) is 0 Å². The van der Waals surface area contributed by atoms with Crippen molar-refractivity contribution < 1.29 is 9.47 Å². The molecule has 1 aromatic carbocycles. The first-order valence-electron chi connectivity index (χ1n) is 7.93. The van der Waals surface area contributed by atoms with E-state index >= 15 is 0 Å². The number of rotatable bonds is 9. The fourth-order valence-corrected chi connectivity index (χ4v) is 2.30. The maximum atomic E-state index is 5.80. The van der Waals surface area contributed by atoms with Crippen LogP contribution in [0.2, 0.25) is 0 Å². The molecule has 0 aliphatic heterocycles. The van der Waals surface area contributed by atoms with E-state index in [4.69, 9.17) is 9.47 Å². The Morgan fingerprint density at radius 2 is 1.95 bits per heavy atom. The van der Waals surface area contributed by atoms with Crippen LogP contribution >= 0.6 is 0 Å². The van der Waals surface area contributed by atoms with Crippen LogP contribution in [0.25, 0.3) is 0 Å². The molecule has 3 nitrogen and oxygen atoms in total. The van der Waals surface area contributed by atoms with Gasteiger partial charge in [0.2, 0.25) is 0 Å². The van der Waals surface area contributed by atoms with Gasteiger partial charge in [-0.2, -0.15) is 0 Å². The van der Waals surface area contributed by atoms with Gasteiger partial charge in [0, 0.05) is 13.2 Å². The monoisotopic (exact) mass is 293 g/mol. The SMILES string of the molecule is CCNC(CCC(C)(C)OC)c1cccc(OC(C)C)c1. The second-order valence-electron chi connectivity index (χ2n) is 6.35. The van der Waals surface area contributed by atoms with Gasteiger partial charge in [-0.05, 0) is 64.8 Å². The molecule has 0 fully saturated rings. The van der Waals surface area contributed by atoms with Crippen LogP contribution in [-0.4, -0.2) is 25.4 Å². The van der Waals surface area contributed by atoms with Gasteiger partial charge in [0.15, 0.2) is 0 Å². The van der Waals surface area contributed by atoms with Crippen LogP contribution in [0.3, 0.4) is 0 Å². The average molecular weight is 293 g/mol. The third-order valence-corrected chi connectivity index (χ3v) is 3.67. The molecule has 120 valence electrons. The lowest BCUT2D eigenvalue weighted by atomic mass is 9.94. The van der Waals surface area contributed by atoms with Crippen molar-refractivity contribution in [2.45, 2.75) is 65.2 Å². The largest absolute Gasteiger partial charge is 0.491 e. The highest BCUT2D eigenvalue weighted by Gasteiger charge is 2.20. The van der Waals surface area contributed by atoms with E-state index in [0.29, 0.717) is 6.04 Å². The topological polar surface area (TPSA) is 30.5 Å². The van der Waals surface area contributed by atoms with Crippen molar-refractivity contribution in [1.29, 1.82) is 0 Å². The molecule has 1 unspecified atom stereocenters. The minimum atomic E-state index is -0.0836. The molecule has 1 aromatic rings. The summed E-state index contributed by atoms with van der Waals surface area (Å²) in [6.45, 7) is 11.5. The van der Waals surface area contributed by atoms with Gasteiger partial charge in [0.25, 0.3) is 0 Å². The molecule has 1 atom stereocenters. The Balaban J connectivity index is 2.79. The van der Waals surface area contributed by atoms with E-state index in [9.17, 15) is 0 Å². The predicted octanol–water partition coefficient (Wildman–Crippen LogP) is 4.33. The highest BCUT2D eigenvalue weighted by Crippen LogP contribution is 2.27. The van der Waals surface area contributed by atoms with Gasteiger partial charge in [-0.25, -0.2) is 0 Å². The highest BCUT2D eigenvalue weighted by atomic mass is 16.5. The summed E-state index contributed by atoms with van der Waals surface area (Å²) in [5, 5.41) is 3.57. The van der Waals surface area contributed by atoms with Crippen LogP contribution < -0.4 is 10.1 Å². The summed E-state index contributed by atoms with van der Waals surface area (Å²) in [5.74, 6) is 0.941. The van der Waals surface area contributed by atoms with Crippen LogP contribution in [0.15, 0.2) is 24.3 Å². The smallest absolute Gasteiger partial charge is 0.120 e. The van der Waals surface area contributed by atoms with E-state index in [1.807, 2.05) is 6.07 Å². The molecule has 3 heteroatoms. The van der Waals surface area contributed by atoms with Crippen LogP contribution in [0, 0.1) is 0 Å². The Labute approximate surface area is 130 Å². The zero-order chi connectivity index (χ0) is 15.9. The molecule has 0 aliphatic carbocycles. The van der Waals surface area contributed by atoms with Crippen molar-refractivity contribution in [3.8, 4) is 5.75 Å². The van der Waals surface area contributed by atoms with Crippen molar-refractivity contribution in [2.24, 2.45) is 0 Å². The highest BCUT2D eigenvalue weighted by molar-refractivity contribution is 5.30. The Morgan fingerprint density at radius 1 is 1.24 bits per heavy atom. The first kappa shape index (κ1) is 18.0. The van der Waals surface area contributed by atoms with Crippen molar-refractivity contribution in [2.75, 3.05) is 13.7 Å². The van der Waals surface area contributed by atoms with Crippen LogP contribution in [0.5, 0.6) is 5.75 Å². The number of benzene rings is 1. The van der Waals surface area contributed by atoms with E-state index < -0.39 is 0 Å². The summed E-state index contributed by atoms with van der Waals surface area (Å²) in [6.07, 6.45) is 2.25. The zero-order valence-corrected chi connectivity index (χ0v) is 14.4. The van der Waals surface area contributed by atoms with Gasteiger partial charge < -0.3 is 14.8 Å². The zero-order valence-electron chi connectivity index (χ0n) is 14.4. The number of nitrogens with one attached hydrogen (secondary N) is 1. The molecule has 0 radical (unpaired) electrons. The molecule has 21 heavy (non-hydrogen) atoms.